The molecule has 0 amide bonds. The first kappa shape index (κ1) is 21.0. The predicted molar refractivity (Wildman–Crippen MR) is 128 cm³/mol. The molecule has 7 heteroatoms. The lowest BCUT2D eigenvalue weighted by Crippen LogP contribution is -2.12. The minimum atomic E-state index is 0.136. The molecule has 0 radical (unpaired) electrons. The van der Waals surface area contributed by atoms with Crippen LogP contribution in [0.3, 0.4) is 0 Å². The molecule has 2 aromatic heterocycles. The highest BCUT2D eigenvalue weighted by molar-refractivity contribution is 5.55. The fraction of sp³-hybridized carbons (Fsp3) is 0.269. The zero-order valence-electron chi connectivity index (χ0n) is 18.8. The van der Waals surface area contributed by atoms with Crippen LogP contribution in [0.2, 0.25) is 0 Å². The minimum Gasteiger partial charge on any atom is -0.487 e. The van der Waals surface area contributed by atoms with Gasteiger partial charge < -0.3 is 19.8 Å². The number of nitrogens with one attached hydrogen (secondary N) is 2. The summed E-state index contributed by atoms with van der Waals surface area (Å²) in [6.45, 7) is 5.08. The molecule has 0 bridgehead atoms. The van der Waals surface area contributed by atoms with Crippen LogP contribution in [-0.4, -0.2) is 21.5 Å². The summed E-state index contributed by atoms with van der Waals surface area (Å²) in [5, 5.41) is 7.06. The van der Waals surface area contributed by atoms with Crippen molar-refractivity contribution < 1.29 is 9.15 Å². The van der Waals surface area contributed by atoms with Crippen molar-refractivity contribution in [1.82, 2.24) is 15.0 Å². The first-order chi connectivity index (χ1) is 16.2. The minimum absolute atomic E-state index is 0.136. The van der Waals surface area contributed by atoms with Crippen molar-refractivity contribution in [3.05, 3.63) is 83.6 Å². The summed E-state index contributed by atoms with van der Waals surface area (Å²) in [6, 6.07) is 18.0. The largest absolute Gasteiger partial charge is 0.487 e. The van der Waals surface area contributed by atoms with E-state index in [4.69, 9.17) is 9.15 Å². The van der Waals surface area contributed by atoms with E-state index in [0.29, 0.717) is 12.5 Å². The number of hydrogen-bond acceptors (Lipinski definition) is 7. The Balaban J connectivity index is 1.28. The maximum Gasteiger partial charge on any atom is 0.226 e. The third-order valence-electron chi connectivity index (χ3n) is 5.74. The van der Waals surface area contributed by atoms with Gasteiger partial charge in [-0.25, -0.2) is 15.0 Å². The second-order valence-electron chi connectivity index (χ2n) is 8.19. The van der Waals surface area contributed by atoms with Gasteiger partial charge in [-0.2, -0.15) is 0 Å². The first-order valence-corrected chi connectivity index (χ1v) is 11.2. The Morgan fingerprint density at radius 2 is 1.97 bits per heavy atom. The van der Waals surface area contributed by atoms with Crippen molar-refractivity contribution in [2.45, 2.75) is 39.3 Å². The van der Waals surface area contributed by atoms with Gasteiger partial charge in [-0.1, -0.05) is 24.3 Å². The number of fused-ring (bicyclic) bond motifs is 1. The highest BCUT2D eigenvalue weighted by atomic mass is 16.5. The topological polar surface area (TPSA) is 85.1 Å². The lowest BCUT2D eigenvalue weighted by molar-refractivity contribution is 0.299. The number of aromatic nitrogens is 3. The molecule has 2 N–H and O–H groups in total. The van der Waals surface area contributed by atoms with E-state index in [9.17, 15) is 0 Å². The summed E-state index contributed by atoms with van der Waals surface area (Å²) >= 11 is 0. The van der Waals surface area contributed by atoms with E-state index >= 15 is 0 Å². The molecule has 7 nitrogen and oxygen atoms in total. The van der Waals surface area contributed by atoms with Crippen molar-refractivity contribution in [1.29, 1.82) is 0 Å². The van der Waals surface area contributed by atoms with Crippen molar-refractivity contribution >= 4 is 11.5 Å². The van der Waals surface area contributed by atoms with Crippen molar-refractivity contribution in [3.8, 4) is 17.2 Å². The van der Waals surface area contributed by atoms with Crippen LogP contribution in [0.1, 0.15) is 41.7 Å². The van der Waals surface area contributed by atoms with Crippen LogP contribution in [0.25, 0.3) is 11.5 Å². The quantitative estimate of drug-likeness (QED) is 0.398. The number of oxazole rings is 1. The van der Waals surface area contributed by atoms with Crippen molar-refractivity contribution in [3.63, 3.8) is 0 Å². The molecule has 1 aliphatic rings. The van der Waals surface area contributed by atoms with Crippen LogP contribution in [-0.2, 0) is 6.61 Å². The van der Waals surface area contributed by atoms with Gasteiger partial charge in [0, 0.05) is 35.6 Å². The molecule has 1 unspecified atom stereocenters. The third kappa shape index (κ3) is 4.82. The van der Waals surface area contributed by atoms with Gasteiger partial charge in [-0.15, -0.1) is 0 Å². The third-order valence-corrected chi connectivity index (χ3v) is 5.74. The Labute approximate surface area is 193 Å². The molecule has 0 fully saturated rings. The molecule has 1 atom stereocenters. The van der Waals surface area contributed by atoms with Gasteiger partial charge in [0.15, 0.2) is 0 Å². The lowest BCUT2D eigenvalue weighted by atomic mass is 10.0. The smallest absolute Gasteiger partial charge is 0.226 e. The molecule has 4 aromatic rings. The van der Waals surface area contributed by atoms with Crippen LogP contribution >= 0.6 is 0 Å². The fourth-order valence-electron chi connectivity index (χ4n) is 3.99. The summed E-state index contributed by atoms with van der Waals surface area (Å²) in [5.74, 6) is 3.84. The average Bonchev–Trinajstić information content (AvgIpc) is 3.10. The normalized spacial score (nSPS) is 15.3. The van der Waals surface area contributed by atoms with Crippen molar-refractivity contribution in [2.24, 2.45) is 0 Å². The zero-order chi connectivity index (χ0) is 22.6. The lowest BCUT2D eigenvalue weighted by Gasteiger charge is -2.20. The molecule has 0 spiro atoms. The molecule has 3 heterocycles. The van der Waals surface area contributed by atoms with E-state index in [2.05, 4.69) is 31.7 Å². The van der Waals surface area contributed by atoms with Crippen LogP contribution in [0.15, 0.2) is 65.2 Å². The summed E-state index contributed by atoms with van der Waals surface area (Å²) in [7, 11) is 0. The van der Waals surface area contributed by atoms with Gasteiger partial charge >= 0.3 is 0 Å². The van der Waals surface area contributed by atoms with Crippen LogP contribution in [0, 0.1) is 13.8 Å². The Morgan fingerprint density at radius 1 is 1.09 bits per heavy atom. The fourth-order valence-corrected chi connectivity index (χ4v) is 3.99. The van der Waals surface area contributed by atoms with Gasteiger partial charge in [-0.3, -0.25) is 0 Å². The van der Waals surface area contributed by atoms with Crippen LogP contribution in [0.5, 0.6) is 5.75 Å². The monoisotopic (exact) mass is 441 g/mol. The van der Waals surface area contributed by atoms with Gasteiger partial charge in [-0.05, 0) is 51.0 Å². The molecule has 168 valence electrons. The highest BCUT2D eigenvalue weighted by Crippen LogP contribution is 2.32. The van der Waals surface area contributed by atoms with Crippen molar-refractivity contribution in [2.75, 3.05) is 17.2 Å². The highest BCUT2D eigenvalue weighted by Gasteiger charge is 2.20. The van der Waals surface area contributed by atoms with E-state index in [1.54, 1.807) is 0 Å². The Bertz CT molecular complexity index is 1240. The molecule has 0 saturated heterocycles. The standard InChI is InChI=1S/C26H27N5O2/c1-17-24(31-26(33-17)19-8-4-3-5-9-19)16-32-21-11-6-10-20(14-21)30-23-12-7-13-27-25-22(23)15-28-18(2)29-25/h3-6,8-11,14-15,23,30H,7,12-13,16H2,1-2H3,(H,27,28,29). The molecular formula is C26H27N5O2. The van der Waals surface area contributed by atoms with E-state index in [1.807, 2.05) is 68.6 Å². The second-order valence-corrected chi connectivity index (χ2v) is 8.19. The SMILES string of the molecule is Cc1ncc2c(n1)NCCCC2Nc1cccc(OCc2nc(-c3ccccc3)oc2C)c1. The van der Waals surface area contributed by atoms with Gasteiger partial charge in [0.25, 0.3) is 0 Å². The van der Waals surface area contributed by atoms with Crippen LogP contribution < -0.4 is 15.4 Å². The van der Waals surface area contributed by atoms with E-state index in [1.165, 1.54) is 0 Å². The van der Waals surface area contributed by atoms with Crippen LogP contribution in [0.4, 0.5) is 11.5 Å². The molecule has 1 aliphatic heterocycles. The van der Waals surface area contributed by atoms with E-state index in [0.717, 1.165) is 65.0 Å². The molecule has 33 heavy (non-hydrogen) atoms. The predicted octanol–water partition coefficient (Wildman–Crippen LogP) is 5.69. The zero-order valence-corrected chi connectivity index (χ0v) is 18.8. The summed E-state index contributed by atoms with van der Waals surface area (Å²) in [4.78, 5) is 13.6. The first-order valence-electron chi connectivity index (χ1n) is 11.2. The molecule has 5 rings (SSSR count). The maximum atomic E-state index is 6.06. The van der Waals surface area contributed by atoms with E-state index in [-0.39, 0.29) is 6.04 Å². The number of nitrogens with zero attached hydrogens (tertiary/aromatic N) is 3. The summed E-state index contributed by atoms with van der Waals surface area (Å²) in [6.07, 6.45) is 3.97. The summed E-state index contributed by atoms with van der Waals surface area (Å²) in [5.41, 5.74) is 3.84. The number of anilines is 2. The number of ether oxygens (including phenoxy) is 1. The van der Waals surface area contributed by atoms with Gasteiger partial charge in [0.1, 0.15) is 35.5 Å². The number of rotatable bonds is 6. The molecule has 0 saturated carbocycles. The number of aryl methyl sites for hydroxylation is 2. The Morgan fingerprint density at radius 3 is 2.85 bits per heavy atom. The Kier molecular flexibility index (Phi) is 5.93. The molecule has 2 aromatic carbocycles. The maximum absolute atomic E-state index is 6.06. The van der Waals surface area contributed by atoms with Gasteiger partial charge in [0.2, 0.25) is 5.89 Å². The van der Waals surface area contributed by atoms with Gasteiger partial charge in [0.05, 0.1) is 6.04 Å². The van der Waals surface area contributed by atoms with E-state index < -0.39 is 0 Å². The summed E-state index contributed by atoms with van der Waals surface area (Å²) < 4.78 is 11.9. The Hall–Kier alpha value is -3.87. The number of benzene rings is 2. The molecule has 0 aliphatic carbocycles. The molecular weight excluding hydrogens is 414 g/mol. The second kappa shape index (κ2) is 9.32. The number of hydrogen-bond donors (Lipinski definition) is 2. The average molecular weight is 442 g/mol.